The summed E-state index contributed by atoms with van der Waals surface area (Å²) in [4.78, 5) is 3.77. The molecule has 0 aliphatic heterocycles. The van der Waals surface area contributed by atoms with Crippen LogP contribution in [0, 0.1) is 0 Å². The Morgan fingerprint density at radius 1 is 1.50 bits per heavy atom. The molecule has 6 nitrogen and oxygen atoms in total. The topological polar surface area (TPSA) is 96.6 Å². The Kier molecular flexibility index (Phi) is 4.34. The second-order valence-electron chi connectivity index (χ2n) is 3.60. The minimum absolute atomic E-state index is 0.253. The van der Waals surface area contributed by atoms with Crippen LogP contribution in [0.1, 0.15) is 13.8 Å². The van der Waals surface area contributed by atoms with Gasteiger partial charge >= 0.3 is 0 Å². The Hall–Kier alpha value is -0.820. The number of hydrogen-bond donors (Lipinski definition) is 3. The molecule has 4 N–H and O–H groups in total. The van der Waals surface area contributed by atoms with Crippen molar-refractivity contribution in [3.63, 3.8) is 0 Å². The van der Waals surface area contributed by atoms with E-state index in [2.05, 4.69) is 15.7 Å². The van der Waals surface area contributed by atoms with E-state index < -0.39 is 14.6 Å². The molecule has 0 spiro atoms. The molecule has 0 fully saturated rings. The predicted octanol–water partition coefficient (Wildman–Crippen LogP) is -1.15. The summed E-state index contributed by atoms with van der Waals surface area (Å²) in [6.45, 7) is 3.53. The van der Waals surface area contributed by atoms with Crippen molar-refractivity contribution in [2.75, 3.05) is 19.8 Å². The average Bonchev–Trinajstić information content (AvgIpc) is 2.04. The van der Waals surface area contributed by atoms with Crippen LogP contribution in [-0.4, -0.2) is 39.0 Å². The van der Waals surface area contributed by atoms with E-state index in [0.717, 1.165) is 0 Å². The van der Waals surface area contributed by atoms with Gasteiger partial charge in [0.1, 0.15) is 0 Å². The summed E-state index contributed by atoms with van der Waals surface area (Å²) >= 11 is 0. The van der Waals surface area contributed by atoms with Gasteiger partial charge in [0.2, 0.25) is 5.96 Å². The second-order valence-corrected chi connectivity index (χ2v) is 6.25. The van der Waals surface area contributed by atoms with E-state index in [1.807, 2.05) is 0 Å². The van der Waals surface area contributed by atoms with Gasteiger partial charge in [-0.25, -0.2) is 14.3 Å². The smallest absolute Gasteiger partial charge is 0.205 e. The number of hydrazine groups is 1. The lowest BCUT2D eigenvalue weighted by atomic mass is 10.2. The standard InChI is InChI=1S/C7H18N4O2S/c1-7(2,14(4,12)13)5-10-6(9-3)11-8/h5,8H2,1-4H3,(H2,9,10,11). The number of nitrogens with zero attached hydrogens (tertiary/aromatic N) is 1. The number of hydrogen-bond acceptors (Lipinski definition) is 4. The van der Waals surface area contributed by atoms with Crippen LogP contribution in [-0.2, 0) is 9.84 Å². The van der Waals surface area contributed by atoms with Gasteiger partial charge in [0, 0.05) is 19.8 Å². The van der Waals surface area contributed by atoms with Gasteiger partial charge in [-0.3, -0.25) is 10.4 Å². The van der Waals surface area contributed by atoms with Crippen LogP contribution in [0.15, 0.2) is 4.99 Å². The minimum atomic E-state index is -3.10. The van der Waals surface area contributed by atoms with Crippen LogP contribution in [0.2, 0.25) is 0 Å². The highest BCUT2D eigenvalue weighted by Crippen LogP contribution is 2.12. The average molecular weight is 222 g/mol. The lowest BCUT2D eigenvalue weighted by Crippen LogP contribution is -2.49. The molecule has 0 saturated heterocycles. The van der Waals surface area contributed by atoms with Crippen LogP contribution in [0.3, 0.4) is 0 Å². The van der Waals surface area contributed by atoms with Crippen LogP contribution >= 0.6 is 0 Å². The van der Waals surface area contributed by atoms with Gasteiger partial charge < -0.3 is 5.32 Å². The molecular formula is C7H18N4O2S. The van der Waals surface area contributed by atoms with Gasteiger partial charge in [0.25, 0.3) is 0 Å². The zero-order valence-corrected chi connectivity index (χ0v) is 9.77. The predicted molar refractivity (Wildman–Crippen MR) is 57.6 cm³/mol. The first-order valence-corrected chi connectivity index (χ1v) is 6.00. The largest absolute Gasteiger partial charge is 0.354 e. The van der Waals surface area contributed by atoms with Crippen LogP contribution < -0.4 is 16.6 Å². The molecule has 0 aromatic heterocycles. The van der Waals surface area contributed by atoms with E-state index in [1.54, 1.807) is 20.9 Å². The molecule has 0 aromatic rings. The fourth-order valence-corrected chi connectivity index (χ4v) is 0.957. The number of nitrogens with one attached hydrogen (secondary N) is 2. The van der Waals surface area contributed by atoms with Crippen LogP contribution in [0.4, 0.5) is 0 Å². The fourth-order valence-electron chi connectivity index (χ4n) is 0.622. The maximum absolute atomic E-state index is 11.3. The third kappa shape index (κ3) is 3.51. The zero-order valence-electron chi connectivity index (χ0n) is 8.96. The number of sulfone groups is 1. The van der Waals surface area contributed by atoms with E-state index in [9.17, 15) is 8.42 Å². The highest BCUT2D eigenvalue weighted by atomic mass is 32.2. The van der Waals surface area contributed by atoms with Gasteiger partial charge in [-0.2, -0.15) is 0 Å². The molecule has 0 heterocycles. The van der Waals surface area contributed by atoms with Crippen LogP contribution in [0.25, 0.3) is 0 Å². The van der Waals surface area contributed by atoms with Gasteiger partial charge in [-0.1, -0.05) is 0 Å². The Morgan fingerprint density at radius 3 is 2.29 bits per heavy atom. The summed E-state index contributed by atoms with van der Waals surface area (Å²) in [5, 5.41) is 2.80. The summed E-state index contributed by atoms with van der Waals surface area (Å²) in [6, 6.07) is 0. The number of nitrogens with two attached hydrogens (primary N) is 1. The molecule has 0 saturated carbocycles. The summed E-state index contributed by atoms with van der Waals surface area (Å²) in [5.41, 5.74) is 2.32. The Bertz CT molecular complexity index is 308. The monoisotopic (exact) mass is 222 g/mol. The molecule has 0 bridgehead atoms. The molecule has 0 unspecified atom stereocenters. The van der Waals surface area contributed by atoms with Gasteiger partial charge in [0.15, 0.2) is 9.84 Å². The molecule has 0 atom stereocenters. The number of rotatable bonds is 3. The zero-order chi connectivity index (χ0) is 11.4. The number of aliphatic imine (C=N–C) groups is 1. The van der Waals surface area contributed by atoms with Crippen LogP contribution in [0.5, 0.6) is 0 Å². The maximum atomic E-state index is 11.3. The molecule has 0 aliphatic carbocycles. The van der Waals surface area contributed by atoms with Crippen molar-refractivity contribution >= 4 is 15.8 Å². The molecular weight excluding hydrogens is 204 g/mol. The molecule has 0 rings (SSSR count). The quantitative estimate of drug-likeness (QED) is 0.242. The molecule has 0 radical (unpaired) electrons. The lowest BCUT2D eigenvalue weighted by molar-refractivity contribution is 0.544. The fraction of sp³-hybridized carbons (Fsp3) is 0.857. The maximum Gasteiger partial charge on any atom is 0.205 e. The van der Waals surface area contributed by atoms with Crippen molar-refractivity contribution in [2.45, 2.75) is 18.6 Å². The Labute approximate surface area is 84.9 Å². The van der Waals surface area contributed by atoms with Gasteiger partial charge in [0.05, 0.1) is 4.75 Å². The first-order chi connectivity index (χ1) is 6.24. The third-order valence-electron chi connectivity index (χ3n) is 2.05. The molecule has 14 heavy (non-hydrogen) atoms. The van der Waals surface area contributed by atoms with Crippen molar-refractivity contribution in [1.29, 1.82) is 0 Å². The second kappa shape index (κ2) is 4.61. The van der Waals surface area contributed by atoms with Crippen molar-refractivity contribution in [1.82, 2.24) is 10.7 Å². The SMILES string of the molecule is CN=C(NN)NCC(C)(C)S(C)(=O)=O. The molecule has 0 aromatic carbocycles. The molecule has 7 heteroatoms. The highest BCUT2D eigenvalue weighted by Gasteiger charge is 2.30. The van der Waals surface area contributed by atoms with E-state index >= 15 is 0 Å². The van der Waals surface area contributed by atoms with E-state index in [1.165, 1.54) is 6.26 Å². The first kappa shape index (κ1) is 13.2. The number of guanidine groups is 1. The van der Waals surface area contributed by atoms with E-state index in [4.69, 9.17) is 5.84 Å². The highest BCUT2D eigenvalue weighted by molar-refractivity contribution is 7.92. The summed E-state index contributed by atoms with van der Waals surface area (Å²) < 4.78 is 21.8. The van der Waals surface area contributed by atoms with Gasteiger partial charge in [-0.05, 0) is 13.8 Å². The van der Waals surface area contributed by atoms with E-state index in [0.29, 0.717) is 5.96 Å². The summed E-state index contributed by atoms with van der Waals surface area (Å²) in [6.07, 6.45) is 1.20. The van der Waals surface area contributed by atoms with Crippen molar-refractivity contribution in [3.8, 4) is 0 Å². The third-order valence-corrected chi connectivity index (χ3v) is 4.20. The molecule has 84 valence electrons. The normalized spacial score (nSPS) is 13.9. The molecule has 0 aliphatic rings. The van der Waals surface area contributed by atoms with Crippen molar-refractivity contribution in [3.05, 3.63) is 0 Å². The lowest BCUT2D eigenvalue weighted by Gasteiger charge is -2.23. The van der Waals surface area contributed by atoms with Gasteiger partial charge in [-0.15, -0.1) is 0 Å². The van der Waals surface area contributed by atoms with Crippen molar-refractivity contribution in [2.24, 2.45) is 10.8 Å². The Morgan fingerprint density at radius 2 is 2.00 bits per heavy atom. The molecule has 0 amide bonds. The first-order valence-electron chi connectivity index (χ1n) is 4.11. The minimum Gasteiger partial charge on any atom is -0.354 e. The summed E-state index contributed by atoms with van der Waals surface area (Å²) in [7, 11) is -1.55. The Balaban J connectivity index is 4.41. The summed E-state index contributed by atoms with van der Waals surface area (Å²) in [5.74, 6) is 5.49. The van der Waals surface area contributed by atoms with Crippen molar-refractivity contribution < 1.29 is 8.42 Å². The van der Waals surface area contributed by atoms with E-state index in [-0.39, 0.29) is 6.54 Å².